The van der Waals surface area contributed by atoms with E-state index in [1.165, 1.54) is 12.1 Å². The molecule has 1 fully saturated rings. The van der Waals surface area contributed by atoms with Crippen LogP contribution < -0.4 is 5.32 Å². The van der Waals surface area contributed by atoms with Gasteiger partial charge < -0.3 is 15.4 Å². The summed E-state index contributed by atoms with van der Waals surface area (Å²) >= 11 is 0. The van der Waals surface area contributed by atoms with E-state index in [2.05, 4.69) is 10.3 Å². The van der Waals surface area contributed by atoms with E-state index in [1.54, 1.807) is 12.1 Å². The quantitative estimate of drug-likeness (QED) is 0.555. The van der Waals surface area contributed by atoms with E-state index >= 15 is 0 Å². The number of carboxylic acid groups (broad SMARTS) is 1. The van der Waals surface area contributed by atoms with Gasteiger partial charge in [0, 0.05) is 23.0 Å². The molecule has 0 bridgehead atoms. The summed E-state index contributed by atoms with van der Waals surface area (Å²) in [4.78, 5) is 27.1. The van der Waals surface area contributed by atoms with Crippen LogP contribution in [0, 0.1) is 5.82 Å². The minimum atomic E-state index is -0.889. The molecule has 1 saturated carbocycles. The standard InChI is InChI=1S/C23H23FN2O3/c24-16-8-6-15(7-9-16)22-18(17-4-1-2-5-19(17)25-22)10-11-20(27)26-23(12-3-13-23)14-21(28)29/h1-2,4-9,25H,3,10-14H2,(H,26,27)(H,28,29). The molecule has 3 N–H and O–H groups in total. The summed E-state index contributed by atoms with van der Waals surface area (Å²) in [5, 5.41) is 13.1. The molecule has 2 aromatic carbocycles. The van der Waals surface area contributed by atoms with Gasteiger partial charge in [-0.15, -0.1) is 0 Å². The zero-order valence-electron chi connectivity index (χ0n) is 16.0. The number of fused-ring (bicyclic) bond motifs is 1. The summed E-state index contributed by atoms with van der Waals surface area (Å²) in [5.74, 6) is -1.32. The van der Waals surface area contributed by atoms with Crippen LogP contribution in [0.5, 0.6) is 0 Å². The van der Waals surface area contributed by atoms with Crippen molar-refractivity contribution in [1.29, 1.82) is 0 Å². The highest BCUT2D eigenvalue weighted by Crippen LogP contribution is 2.35. The van der Waals surface area contributed by atoms with E-state index in [-0.39, 0.29) is 24.6 Å². The third kappa shape index (κ3) is 4.01. The van der Waals surface area contributed by atoms with E-state index in [1.807, 2.05) is 24.3 Å². The van der Waals surface area contributed by atoms with Gasteiger partial charge in [0.05, 0.1) is 12.0 Å². The van der Waals surface area contributed by atoms with Crippen LogP contribution in [0.25, 0.3) is 22.2 Å². The highest BCUT2D eigenvalue weighted by atomic mass is 19.1. The lowest BCUT2D eigenvalue weighted by molar-refractivity contribution is -0.140. The monoisotopic (exact) mass is 394 g/mol. The van der Waals surface area contributed by atoms with Crippen LogP contribution in [-0.4, -0.2) is 27.5 Å². The molecular formula is C23H23FN2O3. The fourth-order valence-electron chi connectivity index (χ4n) is 4.16. The van der Waals surface area contributed by atoms with Crippen molar-refractivity contribution in [3.8, 4) is 11.3 Å². The van der Waals surface area contributed by atoms with Crippen molar-refractivity contribution < 1.29 is 19.1 Å². The first-order valence-electron chi connectivity index (χ1n) is 9.84. The van der Waals surface area contributed by atoms with Gasteiger partial charge in [0.2, 0.25) is 5.91 Å². The molecule has 3 aromatic rings. The van der Waals surface area contributed by atoms with Crippen LogP contribution in [0.3, 0.4) is 0 Å². The lowest BCUT2D eigenvalue weighted by Gasteiger charge is -2.41. The number of hydrogen-bond acceptors (Lipinski definition) is 2. The molecular weight excluding hydrogens is 371 g/mol. The third-order valence-corrected chi connectivity index (χ3v) is 5.75. The van der Waals surface area contributed by atoms with Crippen LogP contribution >= 0.6 is 0 Å². The number of halogens is 1. The molecule has 0 spiro atoms. The Balaban J connectivity index is 1.56. The maximum absolute atomic E-state index is 13.3. The van der Waals surface area contributed by atoms with Crippen LogP contribution in [-0.2, 0) is 16.0 Å². The molecule has 6 heteroatoms. The molecule has 0 atom stereocenters. The number of aliphatic carboxylic acids is 1. The maximum atomic E-state index is 13.3. The highest BCUT2D eigenvalue weighted by molar-refractivity contribution is 5.91. The van der Waals surface area contributed by atoms with Gasteiger partial charge in [-0.2, -0.15) is 0 Å². The number of aromatic amines is 1. The Morgan fingerprint density at radius 2 is 1.83 bits per heavy atom. The average Bonchev–Trinajstić information content (AvgIpc) is 3.03. The Hall–Kier alpha value is -3.15. The second kappa shape index (κ2) is 7.70. The number of carbonyl (C=O) groups is 2. The molecule has 1 aromatic heterocycles. The minimum Gasteiger partial charge on any atom is -0.481 e. The Kier molecular flexibility index (Phi) is 5.09. The van der Waals surface area contributed by atoms with E-state index in [4.69, 9.17) is 5.11 Å². The van der Waals surface area contributed by atoms with E-state index in [9.17, 15) is 14.0 Å². The topological polar surface area (TPSA) is 82.2 Å². The van der Waals surface area contributed by atoms with E-state index in [0.717, 1.165) is 34.1 Å². The van der Waals surface area contributed by atoms with Gasteiger partial charge in [-0.05, 0) is 67.1 Å². The van der Waals surface area contributed by atoms with E-state index in [0.29, 0.717) is 19.3 Å². The summed E-state index contributed by atoms with van der Waals surface area (Å²) < 4.78 is 13.3. The lowest BCUT2D eigenvalue weighted by Crippen LogP contribution is -2.54. The molecule has 29 heavy (non-hydrogen) atoms. The summed E-state index contributed by atoms with van der Waals surface area (Å²) in [5.41, 5.74) is 3.11. The summed E-state index contributed by atoms with van der Waals surface area (Å²) in [6.07, 6.45) is 3.08. The summed E-state index contributed by atoms with van der Waals surface area (Å²) in [6.45, 7) is 0. The summed E-state index contributed by atoms with van der Waals surface area (Å²) in [7, 11) is 0. The van der Waals surface area contributed by atoms with Crippen LogP contribution in [0.4, 0.5) is 4.39 Å². The number of rotatable bonds is 7. The van der Waals surface area contributed by atoms with Crippen molar-refractivity contribution in [1.82, 2.24) is 10.3 Å². The molecule has 5 nitrogen and oxygen atoms in total. The van der Waals surface area contributed by atoms with Gasteiger partial charge in [0.15, 0.2) is 0 Å². The predicted octanol–water partition coefficient (Wildman–Crippen LogP) is 4.42. The lowest BCUT2D eigenvalue weighted by atomic mass is 9.74. The molecule has 0 radical (unpaired) electrons. The van der Waals surface area contributed by atoms with Crippen LogP contribution in [0.1, 0.15) is 37.7 Å². The number of carboxylic acids is 1. The van der Waals surface area contributed by atoms with Crippen molar-refractivity contribution in [2.45, 2.75) is 44.1 Å². The second-order valence-corrected chi connectivity index (χ2v) is 7.78. The first kappa shape index (κ1) is 19.2. The van der Waals surface area contributed by atoms with Gasteiger partial charge in [-0.3, -0.25) is 9.59 Å². The molecule has 1 aliphatic rings. The van der Waals surface area contributed by atoms with Crippen molar-refractivity contribution in [3.05, 3.63) is 59.9 Å². The van der Waals surface area contributed by atoms with Gasteiger partial charge in [0.25, 0.3) is 0 Å². The number of nitrogens with one attached hydrogen (secondary N) is 2. The van der Waals surface area contributed by atoms with Gasteiger partial charge >= 0.3 is 5.97 Å². The molecule has 1 heterocycles. The van der Waals surface area contributed by atoms with Gasteiger partial charge in [-0.25, -0.2) is 4.39 Å². The fourth-order valence-corrected chi connectivity index (χ4v) is 4.16. The van der Waals surface area contributed by atoms with Crippen molar-refractivity contribution in [3.63, 3.8) is 0 Å². The van der Waals surface area contributed by atoms with Gasteiger partial charge in [-0.1, -0.05) is 18.2 Å². The Morgan fingerprint density at radius 1 is 1.10 bits per heavy atom. The largest absolute Gasteiger partial charge is 0.481 e. The zero-order valence-corrected chi connectivity index (χ0v) is 16.0. The number of carbonyl (C=O) groups excluding carboxylic acids is 1. The second-order valence-electron chi connectivity index (χ2n) is 7.78. The predicted molar refractivity (Wildman–Crippen MR) is 109 cm³/mol. The number of aryl methyl sites for hydroxylation is 1. The van der Waals surface area contributed by atoms with E-state index < -0.39 is 11.5 Å². The SMILES string of the molecule is O=C(O)CC1(NC(=O)CCc2c(-c3ccc(F)cc3)[nH]c3ccccc23)CCC1. The Labute approximate surface area is 167 Å². The fraction of sp³-hybridized carbons (Fsp3) is 0.304. The number of aromatic nitrogens is 1. The summed E-state index contributed by atoms with van der Waals surface area (Å²) in [6, 6.07) is 14.2. The Bertz CT molecular complexity index is 1050. The first-order chi connectivity index (χ1) is 14.0. The van der Waals surface area contributed by atoms with Crippen molar-refractivity contribution in [2.75, 3.05) is 0 Å². The number of amides is 1. The van der Waals surface area contributed by atoms with Gasteiger partial charge in [0.1, 0.15) is 5.82 Å². The molecule has 1 aliphatic carbocycles. The van der Waals surface area contributed by atoms with Crippen molar-refractivity contribution in [2.24, 2.45) is 0 Å². The maximum Gasteiger partial charge on any atom is 0.305 e. The zero-order chi connectivity index (χ0) is 20.4. The first-order valence-corrected chi connectivity index (χ1v) is 9.84. The molecule has 0 saturated heterocycles. The molecule has 1 amide bonds. The molecule has 4 rings (SSSR count). The van der Waals surface area contributed by atoms with Crippen LogP contribution in [0.15, 0.2) is 48.5 Å². The number of benzene rings is 2. The Morgan fingerprint density at radius 3 is 2.48 bits per heavy atom. The number of para-hydroxylation sites is 1. The molecule has 0 unspecified atom stereocenters. The molecule has 150 valence electrons. The van der Waals surface area contributed by atoms with Crippen molar-refractivity contribution >= 4 is 22.8 Å². The average molecular weight is 394 g/mol. The smallest absolute Gasteiger partial charge is 0.305 e. The highest BCUT2D eigenvalue weighted by Gasteiger charge is 2.40. The molecule has 0 aliphatic heterocycles. The number of H-pyrrole nitrogens is 1. The minimum absolute atomic E-state index is 0.0351. The number of hydrogen-bond donors (Lipinski definition) is 3. The third-order valence-electron chi connectivity index (χ3n) is 5.75. The normalized spacial score (nSPS) is 15.1. The van der Waals surface area contributed by atoms with Crippen LogP contribution in [0.2, 0.25) is 0 Å².